The van der Waals surface area contributed by atoms with Gasteiger partial charge in [-0.2, -0.15) is 0 Å². The SMILES string of the molecule is O=C(O)C(Cl)CC(Cl)C(Cl)CCl. The molecule has 0 aliphatic rings. The lowest BCUT2D eigenvalue weighted by atomic mass is 10.2. The fraction of sp³-hybridized carbons (Fsp3) is 0.833. The number of aliphatic carboxylic acids is 1. The van der Waals surface area contributed by atoms with Gasteiger partial charge in [0, 0.05) is 5.88 Å². The van der Waals surface area contributed by atoms with E-state index in [-0.39, 0.29) is 12.3 Å². The Morgan fingerprint density at radius 2 is 1.75 bits per heavy atom. The summed E-state index contributed by atoms with van der Waals surface area (Å²) in [4.78, 5) is 10.3. The first kappa shape index (κ1) is 12.6. The summed E-state index contributed by atoms with van der Waals surface area (Å²) in [6, 6.07) is 0. The van der Waals surface area contributed by atoms with Crippen molar-refractivity contribution in [2.45, 2.75) is 22.6 Å². The van der Waals surface area contributed by atoms with Crippen LogP contribution in [0.1, 0.15) is 6.42 Å². The van der Waals surface area contributed by atoms with Crippen LogP contribution in [0.15, 0.2) is 0 Å². The van der Waals surface area contributed by atoms with E-state index in [9.17, 15) is 4.79 Å². The lowest BCUT2D eigenvalue weighted by Gasteiger charge is -2.14. The standard InChI is InChI=1S/C6H8Cl4O2/c7-2-5(10)3(8)1-4(9)6(11)12/h3-5H,1-2H2,(H,11,12). The first-order valence-corrected chi connectivity index (χ1v) is 5.04. The number of halogens is 4. The molecule has 0 saturated carbocycles. The Morgan fingerprint density at radius 3 is 2.08 bits per heavy atom. The molecule has 0 saturated heterocycles. The molecule has 0 spiro atoms. The zero-order valence-corrected chi connectivity index (χ0v) is 9.04. The summed E-state index contributed by atoms with van der Waals surface area (Å²) in [5.41, 5.74) is 0. The van der Waals surface area contributed by atoms with Gasteiger partial charge in [-0.1, -0.05) is 0 Å². The highest BCUT2D eigenvalue weighted by Gasteiger charge is 2.23. The molecule has 0 aromatic rings. The number of carbonyl (C=O) groups is 1. The van der Waals surface area contributed by atoms with Crippen LogP contribution >= 0.6 is 46.4 Å². The van der Waals surface area contributed by atoms with Crippen molar-refractivity contribution in [1.82, 2.24) is 0 Å². The van der Waals surface area contributed by atoms with Gasteiger partial charge in [-0.25, -0.2) is 0 Å². The summed E-state index contributed by atoms with van der Waals surface area (Å²) in [6.07, 6.45) is 0.110. The Balaban J connectivity index is 3.83. The average molecular weight is 254 g/mol. The lowest BCUT2D eigenvalue weighted by molar-refractivity contribution is -0.136. The highest BCUT2D eigenvalue weighted by Crippen LogP contribution is 2.19. The van der Waals surface area contributed by atoms with Crippen molar-refractivity contribution in [3.8, 4) is 0 Å². The lowest BCUT2D eigenvalue weighted by Crippen LogP contribution is -2.24. The Morgan fingerprint density at radius 1 is 1.25 bits per heavy atom. The summed E-state index contributed by atoms with van der Waals surface area (Å²) in [6.45, 7) is 0. The maximum atomic E-state index is 10.3. The predicted molar refractivity (Wildman–Crippen MR) is 51.9 cm³/mol. The summed E-state index contributed by atoms with van der Waals surface area (Å²) in [5, 5.41) is 6.45. The first-order chi connectivity index (χ1) is 5.49. The van der Waals surface area contributed by atoms with Gasteiger partial charge < -0.3 is 5.11 Å². The largest absolute Gasteiger partial charge is 0.480 e. The van der Waals surface area contributed by atoms with Crippen molar-refractivity contribution < 1.29 is 9.90 Å². The van der Waals surface area contributed by atoms with E-state index in [0.717, 1.165) is 0 Å². The second kappa shape index (κ2) is 6.14. The third-order valence-electron chi connectivity index (χ3n) is 1.24. The molecule has 6 heteroatoms. The number of carboxylic acids is 1. The second-order valence-corrected chi connectivity index (χ2v) is 4.18. The average Bonchev–Trinajstić information content (AvgIpc) is 2.02. The predicted octanol–water partition coefficient (Wildman–Crippen LogP) is 2.52. The fourth-order valence-electron chi connectivity index (χ4n) is 0.543. The molecular formula is C6H8Cl4O2. The molecule has 0 aromatic carbocycles. The molecule has 0 amide bonds. The molecule has 2 nitrogen and oxygen atoms in total. The van der Waals surface area contributed by atoms with E-state index in [2.05, 4.69) is 0 Å². The zero-order chi connectivity index (χ0) is 9.72. The van der Waals surface area contributed by atoms with Gasteiger partial charge in [-0.15, -0.1) is 46.4 Å². The minimum absolute atomic E-state index is 0.110. The summed E-state index contributed by atoms with van der Waals surface area (Å²) >= 11 is 22.2. The van der Waals surface area contributed by atoms with Gasteiger partial charge in [-0.05, 0) is 6.42 Å². The van der Waals surface area contributed by atoms with Crippen molar-refractivity contribution in [3.05, 3.63) is 0 Å². The van der Waals surface area contributed by atoms with E-state index in [0.29, 0.717) is 0 Å². The Kier molecular flexibility index (Phi) is 6.46. The molecule has 1 N–H and O–H groups in total. The molecular weight excluding hydrogens is 246 g/mol. The van der Waals surface area contributed by atoms with Crippen LogP contribution in [0.2, 0.25) is 0 Å². The third-order valence-corrected chi connectivity index (χ3v) is 3.17. The Labute approximate surface area is 90.7 Å². The van der Waals surface area contributed by atoms with E-state index in [4.69, 9.17) is 51.5 Å². The molecule has 0 rings (SSSR count). The number of hydrogen-bond donors (Lipinski definition) is 1. The topological polar surface area (TPSA) is 37.3 Å². The van der Waals surface area contributed by atoms with E-state index < -0.39 is 22.1 Å². The summed E-state index contributed by atoms with van der Waals surface area (Å²) in [5.74, 6) is -0.917. The quantitative estimate of drug-likeness (QED) is 0.765. The van der Waals surface area contributed by atoms with Crippen LogP contribution in [0.4, 0.5) is 0 Å². The van der Waals surface area contributed by atoms with Crippen molar-refractivity contribution in [3.63, 3.8) is 0 Å². The van der Waals surface area contributed by atoms with Gasteiger partial charge >= 0.3 is 5.97 Å². The molecule has 72 valence electrons. The van der Waals surface area contributed by atoms with Gasteiger partial charge in [0.1, 0.15) is 5.38 Å². The van der Waals surface area contributed by atoms with Gasteiger partial charge in [0.05, 0.1) is 10.8 Å². The van der Waals surface area contributed by atoms with Crippen LogP contribution in [-0.4, -0.2) is 33.1 Å². The fourth-order valence-corrected chi connectivity index (χ4v) is 1.50. The number of carboxylic acid groups (broad SMARTS) is 1. The van der Waals surface area contributed by atoms with Crippen molar-refractivity contribution in [1.29, 1.82) is 0 Å². The molecule has 3 atom stereocenters. The molecule has 0 aliphatic heterocycles. The van der Waals surface area contributed by atoms with Gasteiger partial charge in [0.2, 0.25) is 0 Å². The van der Waals surface area contributed by atoms with Crippen LogP contribution < -0.4 is 0 Å². The van der Waals surface area contributed by atoms with Gasteiger partial charge in [0.15, 0.2) is 0 Å². The van der Waals surface area contributed by atoms with E-state index in [1.807, 2.05) is 0 Å². The molecule has 0 heterocycles. The molecule has 0 aromatic heterocycles. The smallest absolute Gasteiger partial charge is 0.321 e. The molecule has 0 fully saturated rings. The van der Waals surface area contributed by atoms with Gasteiger partial charge in [-0.3, -0.25) is 4.79 Å². The van der Waals surface area contributed by atoms with Crippen LogP contribution in [-0.2, 0) is 4.79 Å². The van der Waals surface area contributed by atoms with E-state index in [1.54, 1.807) is 0 Å². The van der Waals surface area contributed by atoms with Crippen LogP contribution in [0.3, 0.4) is 0 Å². The second-order valence-electron chi connectivity index (χ2n) is 2.23. The maximum Gasteiger partial charge on any atom is 0.321 e. The summed E-state index contributed by atoms with van der Waals surface area (Å²) < 4.78 is 0. The molecule has 0 bridgehead atoms. The Bertz CT molecular complexity index is 152. The first-order valence-electron chi connectivity index (χ1n) is 3.20. The molecule has 12 heavy (non-hydrogen) atoms. The minimum atomic E-state index is -1.10. The van der Waals surface area contributed by atoms with Crippen molar-refractivity contribution in [2.75, 3.05) is 5.88 Å². The Hall–Kier alpha value is 0.630. The summed E-state index contributed by atoms with van der Waals surface area (Å²) in [7, 11) is 0. The third kappa shape index (κ3) is 4.61. The van der Waals surface area contributed by atoms with E-state index >= 15 is 0 Å². The highest BCUT2D eigenvalue weighted by molar-refractivity contribution is 6.35. The number of rotatable bonds is 5. The van der Waals surface area contributed by atoms with Crippen LogP contribution in [0.5, 0.6) is 0 Å². The maximum absolute atomic E-state index is 10.3. The number of hydrogen-bond acceptors (Lipinski definition) is 1. The van der Waals surface area contributed by atoms with Crippen molar-refractivity contribution >= 4 is 52.4 Å². The normalized spacial score (nSPS) is 18.3. The van der Waals surface area contributed by atoms with Crippen molar-refractivity contribution in [2.24, 2.45) is 0 Å². The number of alkyl halides is 4. The highest BCUT2D eigenvalue weighted by atomic mass is 35.5. The van der Waals surface area contributed by atoms with E-state index in [1.165, 1.54) is 0 Å². The minimum Gasteiger partial charge on any atom is -0.480 e. The van der Waals surface area contributed by atoms with Crippen LogP contribution in [0.25, 0.3) is 0 Å². The molecule has 3 unspecified atom stereocenters. The monoisotopic (exact) mass is 252 g/mol. The van der Waals surface area contributed by atoms with Gasteiger partial charge in [0.25, 0.3) is 0 Å². The molecule has 0 aliphatic carbocycles. The van der Waals surface area contributed by atoms with Crippen LogP contribution in [0, 0.1) is 0 Å². The zero-order valence-electron chi connectivity index (χ0n) is 6.01. The molecule has 0 radical (unpaired) electrons.